The number of nitrogens with one attached hydrogen (secondary N) is 2. The van der Waals surface area contributed by atoms with Gasteiger partial charge in [0.05, 0.1) is 16.6 Å². The first-order chi connectivity index (χ1) is 16.6. The van der Waals surface area contributed by atoms with E-state index in [1.54, 1.807) is 13.3 Å². The summed E-state index contributed by atoms with van der Waals surface area (Å²) >= 11 is 0. The highest BCUT2D eigenvalue weighted by Gasteiger charge is 2.34. The maximum atomic E-state index is 13.1. The van der Waals surface area contributed by atoms with Crippen molar-refractivity contribution in [2.75, 3.05) is 7.11 Å². The van der Waals surface area contributed by atoms with Crippen molar-refractivity contribution in [3.05, 3.63) is 35.8 Å². The minimum Gasteiger partial charge on any atom is -0.428 e. The molecule has 1 atom stereocenters. The van der Waals surface area contributed by atoms with Gasteiger partial charge in [0, 0.05) is 25.4 Å². The van der Waals surface area contributed by atoms with Crippen LogP contribution in [0.15, 0.2) is 24.7 Å². The van der Waals surface area contributed by atoms with Crippen LogP contribution in [-0.4, -0.2) is 46.5 Å². The number of benzene rings is 1. The predicted molar refractivity (Wildman–Crippen MR) is 126 cm³/mol. The van der Waals surface area contributed by atoms with Crippen LogP contribution in [-0.2, 0) is 4.74 Å². The second-order valence-corrected chi connectivity index (χ2v) is 9.48. The molecule has 0 bridgehead atoms. The first-order valence-corrected chi connectivity index (χ1v) is 12.0. The highest BCUT2D eigenvalue weighted by Crippen LogP contribution is 2.51. The molecule has 0 spiro atoms. The van der Waals surface area contributed by atoms with Gasteiger partial charge in [0.15, 0.2) is 11.5 Å². The van der Waals surface area contributed by atoms with Crippen LogP contribution in [0.5, 0.6) is 11.5 Å². The lowest BCUT2D eigenvalue weighted by Gasteiger charge is -2.28. The molecule has 3 aromatic rings. The lowest BCUT2D eigenvalue weighted by atomic mass is 9.77. The average Bonchev–Trinajstić information content (AvgIpc) is 3.43. The number of aromatic amines is 1. The topological polar surface area (TPSA) is 124 Å². The summed E-state index contributed by atoms with van der Waals surface area (Å²) in [7, 11) is 1.54. The van der Waals surface area contributed by atoms with E-state index in [1.165, 1.54) is 18.3 Å². The third kappa shape index (κ3) is 3.59. The predicted octanol–water partition coefficient (Wildman–Crippen LogP) is 3.59. The van der Waals surface area contributed by atoms with Crippen LogP contribution < -0.4 is 20.5 Å². The van der Waals surface area contributed by atoms with Gasteiger partial charge >= 0.3 is 6.48 Å². The fraction of sp³-hybridized carbons (Fsp3) is 0.480. The Hall–Kier alpha value is -3.17. The first kappa shape index (κ1) is 21.4. The Kier molecular flexibility index (Phi) is 5.38. The summed E-state index contributed by atoms with van der Waals surface area (Å²) in [6.07, 6.45) is 10.3. The Morgan fingerprint density at radius 2 is 1.97 bits per heavy atom. The summed E-state index contributed by atoms with van der Waals surface area (Å²) in [6.45, 7) is -0.795. The molecule has 34 heavy (non-hydrogen) atoms. The van der Waals surface area contributed by atoms with Gasteiger partial charge in [0.2, 0.25) is 0 Å². The summed E-state index contributed by atoms with van der Waals surface area (Å²) in [6, 6.07) is 4.40. The zero-order valence-corrected chi connectivity index (χ0v) is 19.2. The molecule has 6 rings (SSSR count). The van der Waals surface area contributed by atoms with Gasteiger partial charge in [0.25, 0.3) is 5.91 Å². The molecule has 9 heteroatoms. The fourth-order valence-corrected chi connectivity index (χ4v) is 5.24. The van der Waals surface area contributed by atoms with E-state index < -0.39 is 6.48 Å². The number of hydrogen-bond donors (Lipinski definition) is 3. The van der Waals surface area contributed by atoms with Crippen LogP contribution >= 0.6 is 0 Å². The second kappa shape index (κ2) is 8.56. The Bertz CT molecular complexity index is 1230. The number of rotatable bonds is 5. The van der Waals surface area contributed by atoms with Gasteiger partial charge in [-0.25, -0.2) is 9.97 Å². The van der Waals surface area contributed by atoms with Crippen molar-refractivity contribution in [3.8, 4) is 22.8 Å². The van der Waals surface area contributed by atoms with Gasteiger partial charge < -0.3 is 30.2 Å². The number of fused-ring (bicyclic) bond motifs is 2. The number of nitrogens with zero attached hydrogens (tertiary/aromatic N) is 2. The van der Waals surface area contributed by atoms with Crippen LogP contribution in [0, 0.1) is 0 Å². The van der Waals surface area contributed by atoms with E-state index in [1.807, 2.05) is 6.07 Å². The van der Waals surface area contributed by atoms with Crippen molar-refractivity contribution in [1.82, 2.24) is 20.3 Å². The number of aromatic nitrogens is 3. The number of carbonyl (C=O) groups excluding carboxylic acids is 1. The van der Waals surface area contributed by atoms with E-state index in [0.717, 1.165) is 44.1 Å². The maximum absolute atomic E-state index is 13.1. The molecule has 1 aliphatic heterocycles. The highest BCUT2D eigenvalue weighted by molar-refractivity contribution is 6.08. The van der Waals surface area contributed by atoms with Gasteiger partial charge in [-0.1, -0.05) is 12.5 Å². The Morgan fingerprint density at radius 3 is 2.71 bits per heavy atom. The molecule has 3 heterocycles. The SMILES string of the molecule is COC1Oc2ccc(C3CCC3)c(-c3ncnc4c(C(=O)NC5CCC(N)CC5)c[nH]c34)c2O1. The smallest absolute Gasteiger partial charge is 0.360 e. The van der Waals surface area contributed by atoms with Crippen molar-refractivity contribution in [2.45, 2.75) is 69.4 Å². The molecule has 2 aromatic heterocycles. The Balaban J connectivity index is 1.39. The van der Waals surface area contributed by atoms with E-state index in [4.69, 9.17) is 19.9 Å². The van der Waals surface area contributed by atoms with E-state index in [0.29, 0.717) is 39.7 Å². The summed E-state index contributed by atoms with van der Waals surface area (Å²) in [5.74, 6) is 1.55. The Labute approximate surface area is 197 Å². The molecule has 0 radical (unpaired) electrons. The molecule has 4 N–H and O–H groups in total. The standard InChI is InChI=1S/C25H29N5O4/c1-32-25-33-18-10-9-16(13-3-2-4-13)19(23(18)34-25)21-22-20(28-12-29-21)17(11-27-22)24(31)30-15-7-5-14(26)6-8-15/h9-15,25,27H,2-8,26H2,1H3,(H,30,31). The monoisotopic (exact) mass is 463 g/mol. The third-order valence-electron chi connectivity index (χ3n) is 7.38. The minimum absolute atomic E-state index is 0.132. The van der Waals surface area contributed by atoms with Gasteiger partial charge in [0.1, 0.15) is 17.5 Å². The van der Waals surface area contributed by atoms with Crippen LogP contribution in [0.2, 0.25) is 0 Å². The summed E-state index contributed by atoms with van der Waals surface area (Å²) in [5, 5.41) is 3.16. The molecule has 3 aliphatic rings. The average molecular weight is 464 g/mol. The van der Waals surface area contributed by atoms with Crippen LogP contribution in [0.25, 0.3) is 22.3 Å². The van der Waals surface area contributed by atoms with Gasteiger partial charge in [-0.3, -0.25) is 4.79 Å². The van der Waals surface area contributed by atoms with Gasteiger partial charge in [-0.05, 0) is 56.1 Å². The van der Waals surface area contributed by atoms with Crippen molar-refractivity contribution in [1.29, 1.82) is 0 Å². The number of amides is 1. The molecule has 1 aromatic carbocycles. The molecule has 1 unspecified atom stereocenters. The summed E-state index contributed by atoms with van der Waals surface area (Å²) < 4.78 is 17.1. The summed E-state index contributed by atoms with van der Waals surface area (Å²) in [5.41, 5.74) is 10.6. The summed E-state index contributed by atoms with van der Waals surface area (Å²) in [4.78, 5) is 25.5. The molecule has 9 nitrogen and oxygen atoms in total. The zero-order valence-electron chi connectivity index (χ0n) is 19.2. The molecule has 1 amide bonds. The molecule has 2 fully saturated rings. The van der Waals surface area contributed by atoms with E-state index in [-0.39, 0.29) is 18.0 Å². The van der Waals surface area contributed by atoms with E-state index in [2.05, 4.69) is 26.3 Å². The maximum Gasteiger partial charge on any atom is 0.360 e. The van der Waals surface area contributed by atoms with E-state index >= 15 is 0 Å². The third-order valence-corrected chi connectivity index (χ3v) is 7.38. The van der Waals surface area contributed by atoms with E-state index in [9.17, 15) is 4.79 Å². The van der Waals surface area contributed by atoms with Crippen LogP contribution in [0.4, 0.5) is 0 Å². The molecule has 0 saturated heterocycles. The van der Waals surface area contributed by atoms with Gasteiger partial charge in [-0.15, -0.1) is 0 Å². The van der Waals surface area contributed by atoms with Crippen molar-refractivity contribution >= 4 is 16.9 Å². The molecule has 2 aliphatic carbocycles. The zero-order chi connectivity index (χ0) is 23.2. The van der Waals surface area contributed by atoms with Crippen molar-refractivity contribution in [3.63, 3.8) is 0 Å². The molecule has 178 valence electrons. The van der Waals surface area contributed by atoms with Crippen molar-refractivity contribution in [2.24, 2.45) is 5.73 Å². The number of ether oxygens (including phenoxy) is 3. The second-order valence-electron chi connectivity index (χ2n) is 9.48. The number of nitrogens with two attached hydrogens (primary N) is 1. The largest absolute Gasteiger partial charge is 0.428 e. The van der Waals surface area contributed by atoms with Crippen LogP contribution in [0.1, 0.15) is 66.8 Å². The number of carbonyl (C=O) groups is 1. The quantitative estimate of drug-likeness (QED) is 0.528. The number of H-pyrrole nitrogens is 1. The molecular weight excluding hydrogens is 434 g/mol. The lowest BCUT2D eigenvalue weighted by molar-refractivity contribution is -0.157. The molecule has 2 saturated carbocycles. The molecular formula is C25H29N5O4. The number of hydrogen-bond acceptors (Lipinski definition) is 7. The van der Waals surface area contributed by atoms with Crippen molar-refractivity contribution < 1.29 is 19.0 Å². The highest BCUT2D eigenvalue weighted by atomic mass is 16.9. The normalized spacial score (nSPS) is 24.2. The minimum atomic E-state index is -0.795. The fourth-order valence-electron chi connectivity index (χ4n) is 5.24. The van der Waals surface area contributed by atoms with Crippen LogP contribution in [0.3, 0.4) is 0 Å². The van der Waals surface area contributed by atoms with Gasteiger partial charge in [-0.2, -0.15) is 0 Å². The first-order valence-electron chi connectivity index (χ1n) is 12.0. The Morgan fingerprint density at radius 1 is 1.15 bits per heavy atom. The lowest BCUT2D eigenvalue weighted by Crippen LogP contribution is -2.40. The number of methoxy groups -OCH3 is 1.